The molecule has 7 nitrogen and oxygen atoms in total. The van der Waals surface area contributed by atoms with Gasteiger partial charge in [-0.05, 0) is 0 Å². The van der Waals surface area contributed by atoms with E-state index in [0.717, 1.165) is 0 Å². The van der Waals surface area contributed by atoms with E-state index in [1.165, 1.54) is 0 Å². The van der Waals surface area contributed by atoms with Gasteiger partial charge in [-0.2, -0.15) is 0 Å². The fourth-order valence-electron chi connectivity index (χ4n) is 1.09. The first-order valence-corrected chi connectivity index (χ1v) is 5.42. The van der Waals surface area contributed by atoms with Crippen molar-refractivity contribution in [2.75, 3.05) is 13.2 Å². The molecule has 0 saturated carbocycles. The molecule has 0 radical (unpaired) electrons. The molecule has 0 aliphatic rings. The van der Waals surface area contributed by atoms with Crippen LogP contribution in [0.25, 0.3) is 0 Å². The van der Waals surface area contributed by atoms with Crippen LogP contribution in [0.3, 0.4) is 0 Å². The highest BCUT2D eigenvalue weighted by molar-refractivity contribution is 5.77. The van der Waals surface area contributed by atoms with Crippen LogP contribution in [-0.4, -0.2) is 69.0 Å². The third-order valence-corrected chi connectivity index (χ3v) is 2.34. The SMILES string of the molecule is CC(C)C(=O)NCC(O)C(O)C(O)C(O)CO. The molecule has 4 unspecified atom stereocenters. The minimum Gasteiger partial charge on any atom is -0.394 e. The molecule has 6 N–H and O–H groups in total. The van der Waals surface area contributed by atoms with Crippen LogP contribution in [0.1, 0.15) is 13.8 Å². The molecule has 0 heterocycles. The van der Waals surface area contributed by atoms with Crippen molar-refractivity contribution in [1.82, 2.24) is 5.32 Å². The van der Waals surface area contributed by atoms with Crippen molar-refractivity contribution in [2.24, 2.45) is 5.92 Å². The smallest absolute Gasteiger partial charge is 0.222 e. The molecule has 0 spiro atoms. The second kappa shape index (κ2) is 7.57. The van der Waals surface area contributed by atoms with Crippen LogP contribution in [0.5, 0.6) is 0 Å². The zero-order valence-corrected chi connectivity index (χ0v) is 9.95. The molecule has 4 atom stereocenters. The molecular weight excluding hydrogens is 230 g/mol. The average molecular weight is 251 g/mol. The van der Waals surface area contributed by atoms with Crippen molar-refractivity contribution in [2.45, 2.75) is 38.3 Å². The third kappa shape index (κ3) is 5.42. The van der Waals surface area contributed by atoms with Gasteiger partial charge in [0.2, 0.25) is 5.91 Å². The van der Waals surface area contributed by atoms with Crippen LogP contribution in [-0.2, 0) is 4.79 Å². The second-order valence-corrected chi connectivity index (χ2v) is 4.20. The highest BCUT2D eigenvalue weighted by Gasteiger charge is 2.30. The number of hydrogen-bond donors (Lipinski definition) is 6. The van der Waals surface area contributed by atoms with Gasteiger partial charge < -0.3 is 30.8 Å². The summed E-state index contributed by atoms with van der Waals surface area (Å²) in [6.45, 7) is 2.36. The Bertz CT molecular complexity index is 235. The molecule has 0 saturated heterocycles. The highest BCUT2D eigenvalue weighted by atomic mass is 16.4. The van der Waals surface area contributed by atoms with E-state index in [1.807, 2.05) is 0 Å². The molecule has 0 rings (SSSR count). The molecule has 0 aromatic rings. The number of carbonyl (C=O) groups excluding carboxylic acids is 1. The molecule has 17 heavy (non-hydrogen) atoms. The van der Waals surface area contributed by atoms with Gasteiger partial charge in [0.1, 0.15) is 18.3 Å². The van der Waals surface area contributed by atoms with E-state index in [-0.39, 0.29) is 18.4 Å². The number of aliphatic hydroxyl groups excluding tert-OH is 5. The summed E-state index contributed by atoms with van der Waals surface area (Å²) >= 11 is 0. The lowest BCUT2D eigenvalue weighted by atomic mass is 10.0. The minimum absolute atomic E-state index is 0.243. The van der Waals surface area contributed by atoms with Crippen molar-refractivity contribution in [3.63, 3.8) is 0 Å². The average Bonchev–Trinajstić information content (AvgIpc) is 2.32. The highest BCUT2D eigenvalue weighted by Crippen LogP contribution is 2.04. The second-order valence-electron chi connectivity index (χ2n) is 4.20. The van der Waals surface area contributed by atoms with Crippen LogP contribution in [0.4, 0.5) is 0 Å². The van der Waals surface area contributed by atoms with E-state index in [1.54, 1.807) is 13.8 Å². The van der Waals surface area contributed by atoms with Crippen molar-refractivity contribution in [3.8, 4) is 0 Å². The predicted octanol–water partition coefficient (Wildman–Crippen LogP) is -2.81. The van der Waals surface area contributed by atoms with E-state index in [2.05, 4.69) is 5.32 Å². The van der Waals surface area contributed by atoms with E-state index >= 15 is 0 Å². The largest absolute Gasteiger partial charge is 0.394 e. The van der Waals surface area contributed by atoms with Crippen LogP contribution in [0.2, 0.25) is 0 Å². The first-order chi connectivity index (χ1) is 7.81. The Labute approximate surface area is 99.7 Å². The number of rotatable bonds is 7. The Kier molecular flexibility index (Phi) is 7.24. The zero-order chi connectivity index (χ0) is 13.6. The maximum absolute atomic E-state index is 11.2. The summed E-state index contributed by atoms with van der Waals surface area (Å²) in [6, 6.07) is 0. The summed E-state index contributed by atoms with van der Waals surface area (Å²) in [5.41, 5.74) is 0. The minimum atomic E-state index is -1.68. The summed E-state index contributed by atoms with van der Waals surface area (Å²) in [5.74, 6) is -0.555. The van der Waals surface area contributed by atoms with Gasteiger partial charge in [-0.25, -0.2) is 0 Å². The molecule has 7 heteroatoms. The van der Waals surface area contributed by atoms with Gasteiger partial charge in [-0.1, -0.05) is 13.8 Å². The zero-order valence-electron chi connectivity index (χ0n) is 9.95. The molecular formula is C10H21NO6. The lowest BCUT2D eigenvalue weighted by Crippen LogP contribution is -2.50. The fourth-order valence-corrected chi connectivity index (χ4v) is 1.09. The number of carbonyl (C=O) groups is 1. The number of amides is 1. The molecule has 0 aliphatic heterocycles. The number of nitrogens with one attached hydrogen (secondary N) is 1. The maximum Gasteiger partial charge on any atom is 0.222 e. The van der Waals surface area contributed by atoms with E-state index in [4.69, 9.17) is 10.2 Å². The standard InChI is InChI=1S/C10H21NO6/c1-5(2)10(17)11-3-6(13)8(15)9(16)7(14)4-12/h5-9,12-16H,3-4H2,1-2H3,(H,11,17). The molecule has 0 aliphatic carbocycles. The van der Waals surface area contributed by atoms with E-state index in [0.29, 0.717) is 0 Å². The van der Waals surface area contributed by atoms with Crippen molar-refractivity contribution >= 4 is 5.91 Å². The monoisotopic (exact) mass is 251 g/mol. The first-order valence-electron chi connectivity index (χ1n) is 5.42. The van der Waals surface area contributed by atoms with Crippen molar-refractivity contribution in [3.05, 3.63) is 0 Å². The Morgan fingerprint density at radius 2 is 1.53 bits per heavy atom. The van der Waals surface area contributed by atoms with Gasteiger partial charge in [0, 0.05) is 12.5 Å². The molecule has 0 fully saturated rings. The molecule has 0 bridgehead atoms. The van der Waals surface area contributed by atoms with E-state index in [9.17, 15) is 20.1 Å². The van der Waals surface area contributed by atoms with Gasteiger partial charge in [-0.15, -0.1) is 0 Å². The van der Waals surface area contributed by atoms with Gasteiger partial charge in [0.25, 0.3) is 0 Å². The summed E-state index contributed by atoms with van der Waals surface area (Å²) in [5, 5.41) is 48.1. The van der Waals surface area contributed by atoms with Crippen molar-refractivity contribution < 1.29 is 30.3 Å². The summed E-state index contributed by atoms with van der Waals surface area (Å²) < 4.78 is 0. The molecule has 0 aromatic heterocycles. The van der Waals surface area contributed by atoms with Crippen molar-refractivity contribution in [1.29, 1.82) is 0 Å². The number of hydrogen-bond acceptors (Lipinski definition) is 6. The van der Waals surface area contributed by atoms with Gasteiger partial charge >= 0.3 is 0 Å². The maximum atomic E-state index is 11.2. The quantitative estimate of drug-likeness (QED) is 0.290. The number of aliphatic hydroxyl groups is 5. The van der Waals surface area contributed by atoms with Gasteiger partial charge in [0.15, 0.2) is 0 Å². The Balaban J connectivity index is 4.13. The Morgan fingerprint density at radius 1 is 1.06 bits per heavy atom. The Morgan fingerprint density at radius 3 is 1.94 bits per heavy atom. The van der Waals surface area contributed by atoms with Crippen LogP contribution in [0.15, 0.2) is 0 Å². The normalized spacial score (nSPS) is 18.6. The van der Waals surface area contributed by atoms with Crippen LogP contribution < -0.4 is 5.32 Å². The lowest BCUT2D eigenvalue weighted by Gasteiger charge is -2.25. The molecule has 0 aromatic carbocycles. The summed E-state index contributed by atoms with van der Waals surface area (Å²) in [7, 11) is 0. The molecule has 102 valence electrons. The third-order valence-electron chi connectivity index (χ3n) is 2.34. The van der Waals surface area contributed by atoms with Gasteiger partial charge in [-0.3, -0.25) is 4.79 Å². The molecule has 1 amide bonds. The topological polar surface area (TPSA) is 130 Å². The predicted molar refractivity (Wildman–Crippen MR) is 59.0 cm³/mol. The Hall–Kier alpha value is -0.730. The van der Waals surface area contributed by atoms with Gasteiger partial charge in [0.05, 0.1) is 12.7 Å². The summed E-state index contributed by atoms with van der Waals surface area (Å²) in [6.07, 6.45) is -6.29. The van der Waals surface area contributed by atoms with E-state index < -0.39 is 31.0 Å². The van der Waals surface area contributed by atoms with Crippen LogP contribution in [0, 0.1) is 5.92 Å². The van der Waals surface area contributed by atoms with Crippen LogP contribution >= 0.6 is 0 Å². The first kappa shape index (κ1) is 16.3. The summed E-state index contributed by atoms with van der Waals surface area (Å²) in [4.78, 5) is 11.2. The lowest BCUT2D eigenvalue weighted by molar-refractivity contribution is -0.128. The fraction of sp³-hybridized carbons (Fsp3) is 0.900.